The molecule has 1 fully saturated rings. The van der Waals surface area contributed by atoms with Crippen molar-refractivity contribution in [3.8, 4) is 0 Å². The van der Waals surface area contributed by atoms with Crippen LogP contribution in [0.4, 0.5) is 0 Å². The number of rotatable bonds is 4. The fourth-order valence-electron chi connectivity index (χ4n) is 2.98. The largest absolute Gasteiger partial charge is 0.361 e. The van der Waals surface area contributed by atoms with Gasteiger partial charge in [-0.15, -0.1) is 0 Å². The van der Waals surface area contributed by atoms with Gasteiger partial charge in [-0.1, -0.05) is 35.5 Å². The van der Waals surface area contributed by atoms with Gasteiger partial charge in [-0.05, 0) is 18.9 Å². The molecule has 1 aliphatic heterocycles. The Morgan fingerprint density at radius 3 is 2.74 bits per heavy atom. The summed E-state index contributed by atoms with van der Waals surface area (Å²) >= 11 is 0. The zero-order chi connectivity index (χ0) is 16.1. The molecule has 5 nitrogen and oxygen atoms in total. The summed E-state index contributed by atoms with van der Waals surface area (Å²) in [4.78, 5) is 16.8. The lowest BCUT2D eigenvalue weighted by Crippen LogP contribution is -2.36. The first-order valence-corrected chi connectivity index (χ1v) is 8.17. The highest BCUT2D eigenvalue weighted by Gasteiger charge is 2.20. The van der Waals surface area contributed by atoms with E-state index in [1.165, 1.54) is 0 Å². The van der Waals surface area contributed by atoms with Crippen LogP contribution in [0.5, 0.6) is 0 Å². The molecule has 0 saturated carbocycles. The van der Waals surface area contributed by atoms with Crippen molar-refractivity contribution in [3.63, 3.8) is 0 Å². The van der Waals surface area contributed by atoms with E-state index >= 15 is 0 Å². The molecule has 2 heterocycles. The number of carbonyl (C=O) groups excluding carboxylic acids is 1. The van der Waals surface area contributed by atoms with Crippen LogP contribution in [0.25, 0.3) is 0 Å². The van der Waals surface area contributed by atoms with E-state index in [0.717, 1.165) is 56.2 Å². The molecule has 0 spiro atoms. The normalized spacial score (nSPS) is 16.3. The summed E-state index contributed by atoms with van der Waals surface area (Å²) in [6, 6.07) is 11.9. The highest BCUT2D eigenvalue weighted by atomic mass is 16.5. The molecular weight excluding hydrogens is 290 g/mol. The summed E-state index contributed by atoms with van der Waals surface area (Å²) < 4.78 is 5.12. The molecule has 23 heavy (non-hydrogen) atoms. The van der Waals surface area contributed by atoms with Crippen molar-refractivity contribution < 1.29 is 9.32 Å². The smallest absolute Gasteiger partial charge is 0.227 e. The maximum atomic E-state index is 12.5. The number of carbonyl (C=O) groups is 1. The molecular formula is C18H23N3O2. The SMILES string of the molecule is Cc1cc(CN2CCCN(C(=O)Cc3ccccc3)CC2)no1. The van der Waals surface area contributed by atoms with Gasteiger partial charge in [-0.3, -0.25) is 9.69 Å². The summed E-state index contributed by atoms with van der Waals surface area (Å²) in [5.41, 5.74) is 2.04. The summed E-state index contributed by atoms with van der Waals surface area (Å²) in [7, 11) is 0. The van der Waals surface area contributed by atoms with Crippen molar-refractivity contribution in [1.29, 1.82) is 0 Å². The Kier molecular flexibility index (Phi) is 5.08. The molecule has 122 valence electrons. The third kappa shape index (κ3) is 4.42. The number of benzene rings is 1. The van der Waals surface area contributed by atoms with Gasteiger partial charge in [0.1, 0.15) is 5.76 Å². The number of nitrogens with zero attached hydrogens (tertiary/aromatic N) is 3. The minimum absolute atomic E-state index is 0.218. The third-order valence-electron chi connectivity index (χ3n) is 4.20. The van der Waals surface area contributed by atoms with Crippen LogP contribution in [-0.2, 0) is 17.8 Å². The van der Waals surface area contributed by atoms with Crippen LogP contribution in [0.1, 0.15) is 23.4 Å². The number of aryl methyl sites for hydroxylation is 1. The quantitative estimate of drug-likeness (QED) is 0.869. The van der Waals surface area contributed by atoms with E-state index in [1.54, 1.807) is 0 Å². The Bertz CT molecular complexity index is 639. The zero-order valence-corrected chi connectivity index (χ0v) is 13.6. The molecule has 1 amide bonds. The Hall–Kier alpha value is -2.14. The molecule has 1 saturated heterocycles. The standard InChI is InChI=1S/C18H23N3O2/c1-15-12-17(19-23-15)14-20-8-5-9-21(11-10-20)18(22)13-16-6-3-2-4-7-16/h2-4,6-7,12H,5,8-11,13-14H2,1H3. The van der Waals surface area contributed by atoms with Crippen molar-refractivity contribution in [2.75, 3.05) is 26.2 Å². The van der Waals surface area contributed by atoms with Crippen LogP contribution in [0, 0.1) is 6.92 Å². The molecule has 5 heteroatoms. The number of hydrogen-bond donors (Lipinski definition) is 0. The molecule has 0 bridgehead atoms. The molecule has 0 unspecified atom stereocenters. The molecule has 0 radical (unpaired) electrons. The maximum Gasteiger partial charge on any atom is 0.227 e. The average molecular weight is 313 g/mol. The van der Waals surface area contributed by atoms with E-state index in [2.05, 4.69) is 10.1 Å². The first-order valence-electron chi connectivity index (χ1n) is 8.17. The highest BCUT2D eigenvalue weighted by Crippen LogP contribution is 2.11. The van der Waals surface area contributed by atoms with Crippen LogP contribution >= 0.6 is 0 Å². The summed E-state index contributed by atoms with van der Waals surface area (Å²) in [6.45, 7) is 6.18. The van der Waals surface area contributed by atoms with Crippen LogP contribution in [0.15, 0.2) is 40.9 Å². The van der Waals surface area contributed by atoms with Crippen molar-refractivity contribution >= 4 is 5.91 Å². The van der Waals surface area contributed by atoms with Gasteiger partial charge in [0.25, 0.3) is 0 Å². The van der Waals surface area contributed by atoms with Gasteiger partial charge in [0.15, 0.2) is 0 Å². The van der Waals surface area contributed by atoms with Gasteiger partial charge in [0, 0.05) is 38.8 Å². The third-order valence-corrected chi connectivity index (χ3v) is 4.20. The lowest BCUT2D eigenvalue weighted by molar-refractivity contribution is -0.130. The minimum Gasteiger partial charge on any atom is -0.361 e. The van der Waals surface area contributed by atoms with Gasteiger partial charge in [0.2, 0.25) is 5.91 Å². The van der Waals surface area contributed by atoms with Gasteiger partial charge in [-0.2, -0.15) is 0 Å². The van der Waals surface area contributed by atoms with E-state index in [1.807, 2.05) is 48.2 Å². The van der Waals surface area contributed by atoms with Crippen molar-refractivity contribution in [2.45, 2.75) is 26.3 Å². The average Bonchev–Trinajstić information content (AvgIpc) is 2.82. The summed E-state index contributed by atoms with van der Waals surface area (Å²) in [5, 5.41) is 4.05. The molecule has 3 rings (SSSR count). The van der Waals surface area contributed by atoms with E-state index in [-0.39, 0.29) is 5.91 Å². The fourth-order valence-corrected chi connectivity index (χ4v) is 2.98. The van der Waals surface area contributed by atoms with Gasteiger partial charge in [0.05, 0.1) is 12.1 Å². The monoisotopic (exact) mass is 313 g/mol. The Balaban J connectivity index is 1.52. The second-order valence-electron chi connectivity index (χ2n) is 6.10. The van der Waals surface area contributed by atoms with E-state index < -0.39 is 0 Å². The summed E-state index contributed by atoms with van der Waals surface area (Å²) in [6.07, 6.45) is 1.49. The molecule has 1 aliphatic rings. The van der Waals surface area contributed by atoms with Crippen molar-refractivity contribution in [2.24, 2.45) is 0 Å². The van der Waals surface area contributed by atoms with Gasteiger partial charge in [-0.25, -0.2) is 0 Å². The minimum atomic E-state index is 0.218. The molecule has 1 aromatic carbocycles. The second kappa shape index (κ2) is 7.42. The fraction of sp³-hybridized carbons (Fsp3) is 0.444. The molecule has 0 aliphatic carbocycles. The number of amides is 1. The number of hydrogen-bond acceptors (Lipinski definition) is 4. The lowest BCUT2D eigenvalue weighted by Gasteiger charge is -2.21. The van der Waals surface area contributed by atoms with Gasteiger partial charge < -0.3 is 9.42 Å². The van der Waals surface area contributed by atoms with E-state index in [9.17, 15) is 4.79 Å². The topological polar surface area (TPSA) is 49.6 Å². The summed E-state index contributed by atoms with van der Waals surface area (Å²) in [5.74, 6) is 1.06. The van der Waals surface area contributed by atoms with Crippen LogP contribution in [-0.4, -0.2) is 47.0 Å². The Labute approximate surface area is 136 Å². The van der Waals surface area contributed by atoms with Gasteiger partial charge >= 0.3 is 0 Å². The highest BCUT2D eigenvalue weighted by molar-refractivity contribution is 5.78. The van der Waals surface area contributed by atoms with E-state index in [4.69, 9.17) is 4.52 Å². The van der Waals surface area contributed by atoms with E-state index in [0.29, 0.717) is 6.42 Å². The Morgan fingerprint density at radius 1 is 1.17 bits per heavy atom. The first-order chi connectivity index (χ1) is 11.2. The predicted octanol–water partition coefficient (Wildman–Crippen LogP) is 2.26. The predicted molar refractivity (Wildman–Crippen MR) is 87.9 cm³/mol. The van der Waals surface area contributed by atoms with Crippen LogP contribution in [0.3, 0.4) is 0 Å². The van der Waals surface area contributed by atoms with Crippen molar-refractivity contribution in [3.05, 3.63) is 53.4 Å². The van der Waals surface area contributed by atoms with Crippen LogP contribution < -0.4 is 0 Å². The molecule has 1 aromatic heterocycles. The lowest BCUT2D eigenvalue weighted by atomic mass is 10.1. The second-order valence-corrected chi connectivity index (χ2v) is 6.10. The molecule has 2 aromatic rings. The maximum absolute atomic E-state index is 12.5. The number of aromatic nitrogens is 1. The molecule has 0 atom stereocenters. The Morgan fingerprint density at radius 2 is 2.00 bits per heavy atom. The molecule has 0 N–H and O–H groups in total. The van der Waals surface area contributed by atoms with Crippen molar-refractivity contribution in [1.82, 2.24) is 15.0 Å². The van der Waals surface area contributed by atoms with Crippen LogP contribution in [0.2, 0.25) is 0 Å². The zero-order valence-electron chi connectivity index (χ0n) is 13.6. The first kappa shape index (κ1) is 15.7.